The second-order valence-electron chi connectivity index (χ2n) is 8.91. The van der Waals surface area contributed by atoms with Gasteiger partial charge in [0.25, 0.3) is 0 Å². The number of thioether (sulfide) groups is 1. The Balaban J connectivity index is 1.82. The minimum absolute atomic E-state index is 0.0180. The van der Waals surface area contributed by atoms with Crippen LogP contribution in [0.4, 0.5) is 9.18 Å². The Hall–Kier alpha value is -2.13. The molecule has 1 aliphatic carbocycles. The van der Waals surface area contributed by atoms with E-state index in [1.807, 2.05) is 6.07 Å². The van der Waals surface area contributed by atoms with Crippen LogP contribution in [0, 0.1) is 11.7 Å². The van der Waals surface area contributed by atoms with Crippen LogP contribution in [0.5, 0.6) is 5.88 Å². The monoisotopic (exact) mass is 521 g/mol. The summed E-state index contributed by atoms with van der Waals surface area (Å²) in [6.07, 6.45) is 2.25. The molecule has 0 unspecified atom stereocenters. The number of fused-ring (bicyclic) bond motifs is 2. The second kappa shape index (κ2) is 8.67. The maximum atomic E-state index is 15.1. The van der Waals surface area contributed by atoms with Gasteiger partial charge in [-0.15, -0.1) is 0 Å². The van der Waals surface area contributed by atoms with Crippen LogP contribution in [0.1, 0.15) is 37.5 Å². The maximum Gasteiger partial charge on any atom is 0.413 e. The van der Waals surface area contributed by atoms with Gasteiger partial charge < -0.3 is 9.47 Å². The summed E-state index contributed by atoms with van der Waals surface area (Å²) in [4.78, 5) is 21.8. The van der Waals surface area contributed by atoms with Crippen molar-refractivity contribution in [1.82, 2.24) is 10.3 Å². The number of halogens is 2. The van der Waals surface area contributed by atoms with E-state index in [9.17, 15) is 4.79 Å². The number of amidine groups is 1. The number of pyridine rings is 1. The third-order valence-electron chi connectivity index (χ3n) is 5.64. The van der Waals surface area contributed by atoms with Crippen molar-refractivity contribution in [3.8, 4) is 5.88 Å². The van der Waals surface area contributed by atoms with Crippen LogP contribution < -0.4 is 10.1 Å². The second-order valence-corrected chi connectivity index (χ2v) is 10.8. The van der Waals surface area contributed by atoms with E-state index >= 15 is 4.39 Å². The first kappa shape index (κ1) is 23.0. The molecule has 1 aromatic carbocycles. The number of rotatable bonds is 2. The number of amides is 1. The molecule has 170 valence electrons. The molecule has 2 aliphatic rings. The number of aliphatic imine (C=N–C) groups is 1. The first-order valence-corrected chi connectivity index (χ1v) is 12.1. The lowest BCUT2D eigenvalue weighted by Crippen LogP contribution is -2.48. The Bertz CT molecular complexity index is 1090. The molecule has 32 heavy (non-hydrogen) atoms. The molecule has 2 aromatic rings. The predicted octanol–water partition coefficient (Wildman–Crippen LogP) is 5.23. The Labute approximate surface area is 199 Å². The van der Waals surface area contributed by atoms with Crippen LogP contribution in [0.15, 0.2) is 39.9 Å². The van der Waals surface area contributed by atoms with Crippen molar-refractivity contribution in [2.24, 2.45) is 10.9 Å². The van der Waals surface area contributed by atoms with E-state index < -0.39 is 17.2 Å². The number of hydrogen-bond donors (Lipinski definition) is 1. The topological polar surface area (TPSA) is 72.8 Å². The van der Waals surface area contributed by atoms with Crippen LogP contribution in [0.3, 0.4) is 0 Å². The van der Waals surface area contributed by atoms with Crippen LogP contribution >= 0.6 is 27.7 Å². The minimum Gasteiger partial charge on any atom is -0.481 e. The average Bonchev–Trinajstić information content (AvgIpc) is 2.71. The van der Waals surface area contributed by atoms with Crippen molar-refractivity contribution in [1.29, 1.82) is 0 Å². The lowest BCUT2D eigenvalue weighted by molar-refractivity contribution is 0.0563. The van der Waals surface area contributed by atoms with Crippen LogP contribution in [-0.4, -0.2) is 34.7 Å². The number of nitrogens with one attached hydrogen (secondary N) is 1. The van der Waals surface area contributed by atoms with E-state index in [1.54, 1.807) is 46.2 Å². The summed E-state index contributed by atoms with van der Waals surface area (Å²) >= 11 is 5.06. The predicted molar refractivity (Wildman–Crippen MR) is 127 cm³/mol. The van der Waals surface area contributed by atoms with Gasteiger partial charge in [-0.3, -0.25) is 5.32 Å². The fourth-order valence-electron chi connectivity index (χ4n) is 4.32. The van der Waals surface area contributed by atoms with E-state index in [4.69, 9.17) is 14.5 Å². The highest BCUT2D eigenvalue weighted by Gasteiger charge is 2.49. The summed E-state index contributed by atoms with van der Waals surface area (Å²) in [5.41, 5.74) is 0.970. The molecule has 0 spiro atoms. The van der Waals surface area contributed by atoms with E-state index in [0.29, 0.717) is 35.2 Å². The number of carbonyl (C=O) groups excluding carboxylic acids is 1. The molecule has 4 rings (SSSR count). The summed E-state index contributed by atoms with van der Waals surface area (Å²) < 4.78 is 27.0. The number of ether oxygens (including phenoxy) is 2. The van der Waals surface area contributed by atoms with Gasteiger partial charge in [-0.25, -0.2) is 19.2 Å². The van der Waals surface area contributed by atoms with Crippen LogP contribution in [0.2, 0.25) is 0 Å². The van der Waals surface area contributed by atoms with Gasteiger partial charge in [0.05, 0.1) is 12.6 Å². The molecular formula is C23H25BrFN3O3S. The van der Waals surface area contributed by atoms with Gasteiger partial charge in [0.1, 0.15) is 11.4 Å². The molecule has 1 N–H and O–H groups in total. The Morgan fingerprint density at radius 3 is 2.75 bits per heavy atom. The van der Waals surface area contributed by atoms with Gasteiger partial charge in [-0.1, -0.05) is 30.0 Å². The standard InChI is InChI=1S/C23H25BrFN3O3S/c1-22(2,3)31-21(29)27-20-28-23(16-7-5-6-8-18(16)25)10-15-14(9-13(23)12-32-20)17(24)11-26-19(15)30-4/h5-8,11,13H,9-10,12H2,1-4H3,(H,27,28,29)/t13-,23-/m1/s1. The van der Waals surface area contributed by atoms with Gasteiger partial charge in [0, 0.05) is 39.9 Å². The third kappa shape index (κ3) is 4.37. The molecule has 1 aromatic heterocycles. The number of benzene rings is 1. The number of hydrogen-bond acceptors (Lipinski definition) is 6. The molecule has 0 saturated heterocycles. The largest absolute Gasteiger partial charge is 0.481 e. The number of nitrogens with zero attached hydrogens (tertiary/aromatic N) is 2. The maximum absolute atomic E-state index is 15.1. The van der Waals surface area contributed by atoms with Gasteiger partial charge in [-0.05, 0) is 54.8 Å². The number of carbonyl (C=O) groups is 1. The first-order valence-electron chi connectivity index (χ1n) is 10.3. The van der Waals surface area contributed by atoms with Gasteiger partial charge in [-0.2, -0.15) is 0 Å². The molecule has 9 heteroatoms. The van der Waals surface area contributed by atoms with Gasteiger partial charge in [0.15, 0.2) is 5.17 Å². The quantitative estimate of drug-likeness (QED) is 0.585. The number of alkyl carbamates (subject to hydrolysis) is 1. The third-order valence-corrected chi connectivity index (χ3v) is 7.36. The highest BCUT2D eigenvalue weighted by Crippen LogP contribution is 2.51. The van der Waals surface area contributed by atoms with Crippen molar-refractivity contribution in [3.63, 3.8) is 0 Å². The molecular weight excluding hydrogens is 497 g/mol. The Kier molecular flexibility index (Phi) is 6.24. The molecule has 0 saturated carbocycles. The molecule has 1 aliphatic heterocycles. The van der Waals surface area contributed by atoms with Crippen molar-refractivity contribution in [2.45, 2.75) is 44.8 Å². The number of aromatic nitrogens is 1. The minimum atomic E-state index is -0.899. The summed E-state index contributed by atoms with van der Waals surface area (Å²) in [7, 11) is 1.58. The summed E-state index contributed by atoms with van der Waals surface area (Å²) in [6, 6.07) is 6.70. The molecule has 0 bridgehead atoms. The van der Waals surface area contributed by atoms with Crippen molar-refractivity contribution >= 4 is 39.0 Å². The van der Waals surface area contributed by atoms with Crippen molar-refractivity contribution in [2.75, 3.05) is 12.9 Å². The summed E-state index contributed by atoms with van der Waals surface area (Å²) in [6.45, 7) is 5.40. The lowest BCUT2D eigenvalue weighted by Gasteiger charge is -2.45. The fraction of sp³-hybridized carbons (Fsp3) is 0.435. The highest BCUT2D eigenvalue weighted by molar-refractivity contribution is 9.10. The molecule has 1 amide bonds. The lowest BCUT2D eigenvalue weighted by atomic mass is 9.67. The van der Waals surface area contributed by atoms with E-state index in [-0.39, 0.29) is 11.7 Å². The normalized spacial score (nSPS) is 22.3. The average molecular weight is 522 g/mol. The summed E-state index contributed by atoms with van der Waals surface area (Å²) in [5.74, 6) is 0.867. The SMILES string of the molecule is COc1ncc(Br)c2c1C[C@@]1(c3ccccc3F)N=C(NC(=O)OC(C)(C)C)SC[C@H]1C2. The fourth-order valence-corrected chi connectivity index (χ4v) is 5.95. The zero-order valence-corrected chi connectivity index (χ0v) is 20.8. The Morgan fingerprint density at radius 1 is 1.31 bits per heavy atom. The molecule has 0 radical (unpaired) electrons. The van der Waals surface area contributed by atoms with Gasteiger partial charge >= 0.3 is 6.09 Å². The smallest absolute Gasteiger partial charge is 0.413 e. The summed E-state index contributed by atoms with van der Waals surface area (Å²) in [5, 5.41) is 3.18. The van der Waals surface area contributed by atoms with Gasteiger partial charge in [0.2, 0.25) is 5.88 Å². The van der Waals surface area contributed by atoms with E-state index in [0.717, 1.165) is 15.6 Å². The van der Waals surface area contributed by atoms with Crippen LogP contribution in [-0.2, 0) is 23.1 Å². The zero-order chi connectivity index (χ0) is 23.1. The molecule has 6 nitrogen and oxygen atoms in total. The molecule has 2 atom stereocenters. The van der Waals surface area contributed by atoms with E-state index in [1.165, 1.54) is 17.8 Å². The van der Waals surface area contributed by atoms with Crippen molar-refractivity contribution in [3.05, 3.63) is 57.4 Å². The number of methoxy groups -OCH3 is 1. The molecule has 2 heterocycles. The van der Waals surface area contributed by atoms with Crippen molar-refractivity contribution < 1.29 is 18.7 Å². The first-order chi connectivity index (χ1) is 15.1. The molecule has 0 fully saturated rings. The Morgan fingerprint density at radius 2 is 2.06 bits per heavy atom. The van der Waals surface area contributed by atoms with Crippen LogP contribution in [0.25, 0.3) is 0 Å². The highest BCUT2D eigenvalue weighted by atomic mass is 79.9. The zero-order valence-electron chi connectivity index (χ0n) is 18.4. The van der Waals surface area contributed by atoms with E-state index in [2.05, 4.69) is 26.2 Å².